The zero-order chi connectivity index (χ0) is 20.3. The van der Waals surface area contributed by atoms with Crippen molar-refractivity contribution in [1.29, 1.82) is 0 Å². The fourth-order valence-electron chi connectivity index (χ4n) is 2.76. The highest BCUT2D eigenvalue weighted by molar-refractivity contribution is 6.02. The van der Waals surface area contributed by atoms with Gasteiger partial charge in [0.1, 0.15) is 5.69 Å². The first-order valence-corrected chi connectivity index (χ1v) is 8.46. The molecule has 1 amide bonds. The zero-order valence-corrected chi connectivity index (χ0v) is 15.3. The molecule has 0 aliphatic carbocycles. The molecule has 2 aromatic carbocycles. The van der Waals surface area contributed by atoms with Crippen LogP contribution in [0, 0.1) is 17.0 Å². The molecule has 3 rings (SSSR count). The maximum atomic E-state index is 12.8. The van der Waals surface area contributed by atoms with Gasteiger partial charge in [-0.2, -0.15) is 0 Å². The highest BCUT2D eigenvalue weighted by Gasteiger charge is 2.17. The van der Waals surface area contributed by atoms with E-state index in [-0.39, 0.29) is 16.9 Å². The number of nitrogens with zero attached hydrogens (tertiary/aromatic N) is 3. The second-order valence-electron chi connectivity index (χ2n) is 6.11. The van der Waals surface area contributed by atoms with Gasteiger partial charge in [-0.05, 0) is 42.8 Å². The standard InChI is InChI=1S/C20H18N4O4/c1-14-19(20(26)23(22(14)2)16-6-4-3-5-7-16)21-18(25)13-10-15-8-11-17(12-9-15)24(27)28/h3-13H,1-2H3,(H,21,25)/b13-10+. The highest BCUT2D eigenvalue weighted by atomic mass is 16.6. The molecular weight excluding hydrogens is 360 g/mol. The van der Waals surface area contributed by atoms with Gasteiger partial charge in [0.05, 0.1) is 16.3 Å². The molecule has 142 valence electrons. The Bertz CT molecular complexity index is 1110. The minimum atomic E-state index is -0.490. The average Bonchev–Trinajstić information content (AvgIpc) is 2.90. The van der Waals surface area contributed by atoms with E-state index in [0.717, 1.165) is 0 Å². The number of rotatable bonds is 5. The molecule has 0 bridgehead atoms. The van der Waals surface area contributed by atoms with Gasteiger partial charge in [0, 0.05) is 25.3 Å². The monoisotopic (exact) mass is 378 g/mol. The van der Waals surface area contributed by atoms with Gasteiger partial charge in [-0.3, -0.25) is 24.4 Å². The molecule has 0 aliphatic rings. The number of hydrogen-bond donors (Lipinski definition) is 1. The van der Waals surface area contributed by atoms with E-state index in [9.17, 15) is 19.7 Å². The topological polar surface area (TPSA) is 99.2 Å². The SMILES string of the molecule is Cc1c(NC(=O)/C=C/c2ccc([N+](=O)[O-])cc2)c(=O)n(-c2ccccc2)n1C. The van der Waals surface area contributed by atoms with Gasteiger partial charge in [-0.1, -0.05) is 18.2 Å². The number of nitro groups is 1. The molecule has 0 saturated heterocycles. The Balaban J connectivity index is 1.81. The predicted octanol–water partition coefficient (Wildman–Crippen LogP) is 3.04. The van der Waals surface area contributed by atoms with E-state index in [1.807, 2.05) is 18.2 Å². The molecule has 0 atom stereocenters. The number of nitrogens with one attached hydrogen (secondary N) is 1. The fraction of sp³-hybridized carbons (Fsp3) is 0.100. The Morgan fingerprint density at radius 1 is 1.11 bits per heavy atom. The summed E-state index contributed by atoms with van der Waals surface area (Å²) in [7, 11) is 1.74. The number of carbonyl (C=O) groups excluding carboxylic acids is 1. The Morgan fingerprint density at radius 2 is 1.75 bits per heavy atom. The Kier molecular flexibility index (Phi) is 5.21. The van der Waals surface area contributed by atoms with Crippen molar-refractivity contribution >= 4 is 23.4 Å². The number of amides is 1. The van der Waals surface area contributed by atoms with Crippen LogP contribution in [-0.4, -0.2) is 20.2 Å². The van der Waals surface area contributed by atoms with Crippen molar-refractivity contribution in [2.45, 2.75) is 6.92 Å². The predicted molar refractivity (Wildman–Crippen MR) is 107 cm³/mol. The van der Waals surface area contributed by atoms with Crippen LogP contribution in [0.1, 0.15) is 11.3 Å². The Hall–Kier alpha value is -3.94. The van der Waals surface area contributed by atoms with Crippen LogP contribution in [0.3, 0.4) is 0 Å². The minimum absolute atomic E-state index is 0.0250. The number of benzene rings is 2. The van der Waals surface area contributed by atoms with Crippen LogP contribution in [0.5, 0.6) is 0 Å². The van der Waals surface area contributed by atoms with Crippen molar-refractivity contribution in [2.75, 3.05) is 5.32 Å². The molecule has 0 unspecified atom stereocenters. The second-order valence-corrected chi connectivity index (χ2v) is 6.11. The first kappa shape index (κ1) is 18.8. The third-order valence-electron chi connectivity index (χ3n) is 4.33. The van der Waals surface area contributed by atoms with Gasteiger partial charge in [0.25, 0.3) is 11.2 Å². The third kappa shape index (κ3) is 3.75. The van der Waals surface area contributed by atoms with Crippen LogP contribution in [-0.2, 0) is 11.8 Å². The van der Waals surface area contributed by atoms with E-state index >= 15 is 0 Å². The van der Waals surface area contributed by atoms with Crippen LogP contribution in [0.2, 0.25) is 0 Å². The first-order valence-electron chi connectivity index (χ1n) is 8.46. The summed E-state index contributed by atoms with van der Waals surface area (Å²) in [5.74, 6) is -0.468. The van der Waals surface area contributed by atoms with Gasteiger partial charge in [-0.25, -0.2) is 4.68 Å². The van der Waals surface area contributed by atoms with E-state index < -0.39 is 10.8 Å². The molecule has 1 heterocycles. The third-order valence-corrected chi connectivity index (χ3v) is 4.33. The molecule has 3 aromatic rings. The summed E-state index contributed by atoms with van der Waals surface area (Å²) in [6.07, 6.45) is 2.80. The van der Waals surface area contributed by atoms with Gasteiger partial charge >= 0.3 is 0 Å². The lowest BCUT2D eigenvalue weighted by molar-refractivity contribution is -0.384. The summed E-state index contributed by atoms with van der Waals surface area (Å²) >= 11 is 0. The van der Waals surface area contributed by atoms with Crippen LogP contribution in [0.4, 0.5) is 11.4 Å². The molecule has 8 heteroatoms. The molecule has 0 saturated carbocycles. The summed E-state index contributed by atoms with van der Waals surface area (Å²) in [6, 6.07) is 14.9. The number of aromatic nitrogens is 2. The van der Waals surface area contributed by atoms with Gasteiger partial charge in [-0.15, -0.1) is 0 Å². The average molecular weight is 378 g/mol. The van der Waals surface area contributed by atoms with Crippen molar-refractivity contribution in [2.24, 2.45) is 7.05 Å². The Morgan fingerprint density at radius 3 is 2.36 bits per heavy atom. The molecule has 0 spiro atoms. The molecule has 1 aromatic heterocycles. The van der Waals surface area contributed by atoms with Crippen LogP contribution in [0.15, 0.2) is 65.5 Å². The highest BCUT2D eigenvalue weighted by Crippen LogP contribution is 2.15. The van der Waals surface area contributed by atoms with Crippen molar-refractivity contribution in [3.8, 4) is 5.69 Å². The van der Waals surface area contributed by atoms with E-state index in [1.54, 1.807) is 30.8 Å². The number of nitro benzene ring substituents is 1. The summed E-state index contributed by atoms with van der Waals surface area (Å²) in [4.78, 5) is 35.2. The number of para-hydroxylation sites is 1. The molecule has 28 heavy (non-hydrogen) atoms. The lowest BCUT2D eigenvalue weighted by atomic mass is 10.2. The molecule has 0 aliphatic heterocycles. The van der Waals surface area contributed by atoms with Gasteiger partial charge in [0.15, 0.2) is 0 Å². The Labute approximate surface area is 160 Å². The fourth-order valence-corrected chi connectivity index (χ4v) is 2.76. The van der Waals surface area contributed by atoms with Crippen molar-refractivity contribution < 1.29 is 9.72 Å². The lowest BCUT2D eigenvalue weighted by Crippen LogP contribution is -2.22. The quantitative estimate of drug-likeness (QED) is 0.419. The van der Waals surface area contributed by atoms with E-state index in [1.165, 1.54) is 41.1 Å². The number of hydrogen-bond acceptors (Lipinski definition) is 4. The largest absolute Gasteiger partial charge is 0.316 e. The maximum Gasteiger partial charge on any atom is 0.295 e. The van der Waals surface area contributed by atoms with Crippen molar-refractivity contribution in [3.05, 3.63) is 92.4 Å². The van der Waals surface area contributed by atoms with Crippen molar-refractivity contribution in [3.63, 3.8) is 0 Å². The molecular formula is C20H18N4O4. The lowest BCUT2D eigenvalue weighted by Gasteiger charge is -2.07. The van der Waals surface area contributed by atoms with Gasteiger partial charge in [0.2, 0.25) is 5.91 Å². The van der Waals surface area contributed by atoms with E-state index in [4.69, 9.17) is 0 Å². The van der Waals surface area contributed by atoms with E-state index in [2.05, 4.69) is 5.32 Å². The maximum absolute atomic E-state index is 12.8. The number of anilines is 1. The summed E-state index contributed by atoms with van der Waals surface area (Å²) < 4.78 is 3.15. The van der Waals surface area contributed by atoms with Crippen LogP contribution >= 0.6 is 0 Å². The first-order chi connectivity index (χ1) is 13.4. The summed E-state index contributed by atoms with van der Waals surface area (Å²) in [5, 5.41) is 13.3. The zero-order valence-electron chi connectivity index (χ0n) is 15.3. The molecule has 1 N–H and O–H groups in total. The number of carbonyl (C=O) groups is 1. The van der Waals surface area contributed by atoms with Gasteiger partial charge < -0.3 is 5.32 Å². The summed E-state index contributed by atoms with van der Waals surface area (Å²) in [6.45, 7) is 1.75. The van der Waals surface area contributed by atoms with E-state index in [0.29, 0.717) is 16.9 Å². The minimum Gasteiger partial charge on any atom is -0.316 e. The molecule has 0 radical (unpaired) electrons. The summed E-state index contributed by atoms with van der Waals surface area (Å²) in [5.41, 5.74) is 1.79. The number of non-ortho nitro benzene ring substituents is 1. The smallest absolute Gasteiger partial charge is 0.295 e. The van der Waals surface area contributed by atoms with Crippen LogP contribution < -0.4 is 10.9 Å². The molecule has 8 nitrogen and oxygen atoms in total. The normalized spacial score (nSPS) is 10.9. The van der Waals surface area contributed by atoms with Crippen molar-refractivity contribution in [1.82, 2.24) is 9.36 Å². The van der Waals surface area contributed by atoms with Crippen LogP contribution in [0.25, 0.3) is 11.8 Å². The second kappa shape index (κ2) is 7.75. The molecule has 0 fully saturated rings.